The van der Waals surface area contributed by atoms with Crippen LogP contribution in [0.2, 0.25) is 0 Å². The largest absolute Gasteiger partial charge is 0.481 e. The van der Waals surface area contributed by atoms with Crippen molar-refractivity contribution < 1.29 is 19.6 Å². The van der Waals surface area contributed by atoms with E-state index in [1.165, 1.54) is 17.0 Å². The number of hydrogen-bond acceptors (Lipinski definition) is 4. The number of nitrogens with zero attached hydrogens (tertiary/aromatic N) is 2. The molecule has 2 N–H and O–H groups in total. The molecule has 1 aliphatic rings. The summed E-state index contributed by atoms with van der Waals surface area (Å²) in [4.78, 5) is 37.2. The molecule has 1 amide bonds. The van der Waals surface area contributed by atoms with E-state index in [0.717, 1.165) is 0 Å². The van der Waals surface area contributed by atoms with Crippen LogP contribution in [0.1, 0.15) is 30.3 Å². The van der Waals surface area contributed by atoms with Crippen LogP contribution in [-0.4, -0.2) is 44.4 Å². The predicted molar refractivity (Wildman–Crippen MR) is 68.3 cm³/mol. The number of likely N-dealkylation sites (tertiary alicyclic amines) is 1. The predicted octanol–water partition coefficient (Wildman–Crippen LogP) is 1.25. The van der Waals surface area contributed by atoms with Gasteiger partial charge < -0.3 is 20.1 Å². The normalized spacial score (nSPS) is 22.6. The molecule has 2 atom stereocenters. The number of amides is 1. The molecule has 1 fully saturated rings. The van der Waals surface area contributed by atoms with E-state index in [0.29, 0.717) is 12.8 Å². The van der Waals surface area contributed by atoms with Crippen molar-refractivity contribution in [2.75, 3.05) is 6.54 Å². The maximum absolute atomic E-state index is 12.3. The van der Waals surface area contributed by atoms with Crippen LogP contribution in [0.4, 0.5) is 5.82 Å². The van der Waals surface area contributed by atoms with Gasteiger partial charge in [0.2, 0.25) is 0 Å². The van der Waals surface area contributed by atoms with Crippen LogP contribution < -0.4 is 0 Å². The van der Waals surface area contributed by atoms with Crippen molar-refractivity contribution in [2.45, 2.75) is 25.8 Å². The second-order valence-corrected chi connectivity index (χ2v) is 4.93. The quantitative estimate of drug-likeness (QED) is 0.638. The Labute approximate surface area is 114 Å². The summed E-state index contributed by atoms with van der Waals surface area (Å²) >= 11 is 0. The molecule has 1 aliphatic heterocycles. The lowest BCUT2D eigenvalue weighted by Gasteiger charge is -2.35. The van der Waals surface area contributed by atoms with Gasteiger partial charge in [0.15, 0.2) is 5.69 Å². The number of aliphatic carboxylic acids is 1. The highest BCUT2D eigenvalue weighted by atomic mass is 16.6. The van der Waals surface area contributed by atoms with Gasteiger partial charge in [-0.15, -0.1) is 0 Å². The highest BCUT2D eigenvalue weighted by Gasteiger charge is 2.34. The van der Waals surface area contributed by atoms with Gasteiger partial charge in [-0.1, -0.05) is 0 Å². The number of rotatable bonds is 3. The standard InChI is InChI=1S/C12H15N3O5/c1-7-2-3-8(12(17)18)6-14(7)11(16)9-4-5-10(13-9)15(19)20/h4-5,7-8,13H,2-3,6H2,1H3,(H,17,18). The molecular weight excluding hydrogens is 266 g/mol. The minimum absolute atomic E-state index is 0.0829. The van der Waals surface area contributed by atoms with Gasteiger partial charge in [0.1, 0.15) is 0 Å². The minimum atomic E-state index is -0.924. The average Bonchev–Trinajstić information content (AvgIpc) is 2.88. The van der Waals surface area contributed by atoms with Crippen LogP contribution in [-0.2, 0) is 4.79 Å². The highest BCUT2D eigenvalue weighted by Crippen LogP contribution is 2.24. The van der Waals surface area contributed by atoms with Crippen molar-refractivity contribution >= 4 is 17.7 Å². The van der Waals surface area contributed by atoms with Gasteiger partial charge in [-0.3, -0.25) is 9.59 Å². The Hall–Kier alpha value is -2.38. The molecule has 8 heteroatoms. The number of carbonyl (C=O) groups is 2. The molecule has 2 rings (SSSR count). The van der Waals surface area contributed by atoms with E-state index in [4.69, 9.17) is 5.11 Å². The molecule has 1 aromatic rings. The van der Waals surface area contributed by atoms with E-state index in [-0.39, 0.29) is 24.1 Å². The van der Waals surface area contributed by atoms with Crippen LogP contribution in [0.3, 0.4) is 0 Å². The van der Waals surface area contributed by atoms with Gasteiger partial charge >= 0.3 is 11.8 Å². The molecule has 2 unspecified atom stereocenters. The molecule has 1 saturated heterocycles. The molecule has 1 aromatic heterocycles. The monoisotopic (exact) mass is 281 g/mol. The second kappa shape index (κ2) is 5.32. The highest BCUT2D eigenvalue weighted by molar-refractivity contribution is 5.93. The van der Waals surface area contributed by atoms with Crippen molar-refractivity contribution in [3.63, 3.8) is 0 Å². The smallest absolute Gasteiger partial charge is 0.321 e. The number of carboxylic acid groups (broad SMARTS) is 1. The zero-order chi connectivity index (χ0) is 14.9. The Bertz CT molecular complexity index is 553. The van der Waals surface area contributed by atoms with E-state index in [1.807, 2.05) is 6.92 Å². The van der Waals surface area contributed by atoms with Crippen molar-refractivity contribution in [2.24, 2.45) is 5.92 Å². The lowest BCUT2D eigenvalue weighted by molar-refractivity contribution is -0.389. The lowest BCUT2D eigenvalue weighted by Crippen LogP contribution is -2.47. The maximum Gasteiger partial charge on any atom is 0.321 e. The number of hydrogen-bond donors (Lipinski definition) is 2. The molecule has 2 heterocycles. The third kappa shape index (κ3) is 2.63. The van der Waals surface area contributed by atoms with E-state index in [9.17, 15) is 19.7 Å². The van der Waals surface area contributed by atoms with Crippen LogP contribution in [0.15, 0.2) is 12.1 Å². The summed E-state index contributed by atoms with van der Waals surface area (Å²) in [5.74, 6) is -2.17. The van der Waals surface area contributed by atoms with E-state index < -0.39 is 22.7 Å². The Morgan fingerprint density at radius 2 is 2.15 bits per heavy atom. The Kier molecular flexibility index (Phi) is 3.73. The maximum atomic E-state index is 12.3. The average molecular weight is 281 g/mol. The first-order chi connectivity index (χ1) is 9.40. The zero-order valence-corrected chi connectivity index (χ0v) is 10.9. The molecule has 20 heavy (non-hydrogen) atoms. The van der Waals surface area contributed by atoms with E-state index in [2.05, 4.69) is 4.98 Å². The summed E-state index contributed by atoms with van der Waals surface area (Å²) in [5.41, 5.74) is 0.106. The first-order valence-corrected chi connectivity index (χ1v) is 6.27. The fourth-order valence-electron chi connectivity index (χ4n) is 2.36. The first-order valence-electron chi connectivity index (χ1n) is 6.27. The summed E-state index contributed by atoms with van der Waals surface area (Å²) in [6, 6.07) is 2.48. The second-order valence-electron chi connectivity index (χ2n) is 4.93. The molecule has 0 aromatic carbocycles. The molecule has 0 bridgehead atoms. The summed E-state index contributed by atoms with van der Waals surface area (Å²) in [6.07, 6.45) is 1.14. The van der Waals surface area contributed by atoms with Gasteiger partial charge in [0.05, 0.1) is 5.92 Å². The number of aromatic amines is 1. The fourth-order valence-corrected chi connectivity index (χ4v) is 2.36. The molecule has 0 saturated carbocycles. The topological polar surface area (TPSA) is 117 Å². The number of aromatic nitrogens is 1. The van der Waals surface area contributed by atoms with Gasteiger partial charge in [0.25, 0.3) is 5.91 Å². The number of carbonyl (C=O) groups excluding carboxylic acids is 1. The van der Waals surface area contributed by atoms with Crippen LogP contribution in [0.5, 0.6) is 0 Å². The van der Waals surface area contributed by atoms with Gasteiger partial charge in [-0.05, 0) is 30.8 Å². The number of H-pyrrole nitrogens is 1. The zero-order valence-electron chi connectivity index (χ0n) is 10.9. The van der Waals surface area contributed by atoms with Crippen LogP contribution in [0.25, 0.3) is 0 Å². The van der Waals surface area contributed by atoms with Gasteiger partial charge in [-0.25, -0.2) is 4.98 Å². The number of piperidine rings is 1. The Balaban J connectivity index is 2.17. The summed E-state index contributed by atoms with van der Waals surface area (Å²) in [5, 5.41) is 19.6. The van der Waals surface area contributed by atoms with Gasteiger partial charge in [-0.2, -0.15) is 0 Å². The number of nitro groups is 1. The number of carboxylic acids is 1. The molecule has 0 radical (unpaired) electrons. The third-order valence-electron chi connectivity index (χ3n) is 3.59. The number of nitrogens with one attached hydrogen (secondary N) is 1. The molecule has 0 aliphatic carbocycles. The summed E-state index contributed by atoms with van der Waals surface area (Å²) in [6.45, 7) is 1.97. The Morgan fingerprint density at radius 1 is 1.45 bits per heavy atom. The minimum Gasteiger partial charge on any atom is -0.481 e. The summed E-state index contributed by atoms with van der Waals surface area (Å²) in [7, 11) is 0. The molecule has 8 nitrogen and oxygen atoms in total. The van der Waals surface area contributed by atoms with Crippen molar-refractivity contribution in [1.82, 2.24) is 9.88 Å². The third-order valence-corrected chi connectivity index (χ3v) is 3.59. The van der Waals surface area contributed by atoms with Gasteiger partial charge in [0, 0.05) is 18.7 Å². The Morgan fingerprint density at radius 3 is 2.70 bits per heavy atom. The molecule has 108 valence electrons. The van der Waals surface area contributed by atoms with Crippen molar-refractivity contribution in [1.29, 1.82) is 0 Å². The fraction of sp³-hybridized carbons (Fsp3) is 0.500. The summed E-state index contributed by atoms with van der Waals surface area (Å²) < 4.78 is 0. The first kappa shape index (κ1) is 14.0. The van der Waals surface area contributed by atoms with Crippen LogP contribution in [0, 0.1) is 16.0 Å². The van der Waals surface area contributed by atoms with Crippen molar-refractivity contribution in [3.8, 4) is 0 Å². The molecule has 0 spiro atoms. The van der Waals surface area contributed by atoms with Crippen molar-refractivity contribution in [3.05, 3.63) is 27.9 Å². The van der Waals surface area contributed by atoms with E-state index >= 15 is 0 Å². The lowest BCUT2D eigenvalue weighted by atomic mass is 9.93. The molecular formula is C12H15N3O5. The van der Waals surface area contributed by atoms with Crippen LogP contribution >= 0.6 is 0 Å². The SMILES string of the molecule is CC1CCC(C(=O)O)CN1C(=O)c1ccc([N+](=O)[O-])[nH]1. The van der Waals surface area contributed by atoms with E-state index in [1.54, 1.807) is 0 Å².